The molecule has 0 aliphatic rings. The second-order valence-corrected chi connectivity index (χ2v) is 6.31. The lowest BCUT2D eigenvalue weighted by molar-refractivity contribution is -0.129. The number of halogens is 1. The smallest absolute Gasteiger partial charge is 0.255 e. The summed E-state index contributed by atoms with van der Waals surface area (Å²) in [6.45, 7) is 1.97. The van der Waals surface area contributed by atoms with Crippen LogP contribution in [0.15, 0.2) is 72.8 Å². The van der Waals surface area contributed by atoms with E-state index in [0.717, 1.165) is 32.8 Å². The Labute approximate surface area is 151 Å². The number of hydrogen-bond acceptors (Lipinski definition) is 2. The van der Waals surface area contributed by atoms with Crippen molar-refractivity contribution < 1.29 is 10.0 Å². The average Bonchev–Trinajstić information content (AvgIpc) is 2.65. The van der Waals surface area contributed by atoms with Crippen molar-refractivity contribution in [3.8, 4) is 11.1 Å². The normalized spacial score (nSPS) is 11.8. The number of rotatable bonds is 4. The molecule has 0 spiro atoms. The molecule has 1 atom stereocenters. The van der Waals surface area contributed by atoms with Crippen molar-refractivity contribution in [2.45, 2.75) is 12.8 Å². The van der Waals surface area contributed by atoms with Crippen LogP contribution in [0.3, 0.4) is 0 Å². The van der Waals surface area contributed by atoms with Crippen LogP contribution in [-0.2, 0) is 4.79 Å². The minimum absolute atomic E-state index is 0.461. The first-order valence-corrected chi connectivity index (χ1v) is 8.33. The quantitative estimate of drug-likeness (QED) is 0.516. The van der Waals surface area contributed by atoms with Gasteiger partial charge in [-0.1, -0.05) is 78.3 Å². The summed E-state index contributed by atoms with van der Waals surface area (Å²) >= 11 is 6.21. The zero-order valence-corrected chi connectivity index (χ0v) is 14.5. The Morgan fingerprint density at radius 1 is 0.920 bits per heavy atom. The lowest BCUT2D eigenvalue weighted by atomic mass is 9.89. The van der Waals surface area contributed by atoms with Crippen LogP contribution in [0.25, 0.3) is 11.1 Å². The van der Waals surface area contributed by atoms with Crippen LogP contribution in [0.5, 0.6) is 0 Å². The van der Waals surface area contributed by atoms with Gasteiger partial charge in [-0.25, -0.2) is 5.48 Å². The van der Waals surface area contributed by atoms with Gasteiger partial charge in [-0.15, -0.1) is 0 Å². The van der Waals surface area contributed by atoms with Gasteiger partial charge in [0.05, 0.1) is 5.92 Å². The molecule has 0 saturated heterocycles. The van der Waals surface area contributed by atoms with E-state index in [0.29, 0.717) is 0 Å². The zero-order chi connectivity index (χ0) is 17.8. The van der Waals surface area contributed by atoms with Crippen molar-refractivity contribution in [1.82, 2.24) is 5.48 Å². The molecule has 3 aromatic carbocycles. The fourth-order valence-electron chi connectivity index (χ4n) is 2.85. The van der Waals surface area contributed by atoms with Crippen LogP contribution in [0.1, 0.15) is 22.6 Å². The van der Waals surface area contributed by atoms with Crippen LogP contribution >= 0.6 is 11.6 Å². The van der Waals surface area contributed by atoms with Gasteiger partial charge in [0.25, 0.3) is 5.91 Å². The first kappa shape index (κ1) is 17.2. The molecule has 3 aromatic rings. The molecule has 1 unspecified atom stereocenters. The maximum Gasteiger partial charge on any atom is 0.255 e. The second kappa shape index (κ2) is 7.51. The van der Waals surface area contributed by atoms with Crippen LogP contribution in [0, 0.1) is 6.92 Å². The predicted octanol–water partition coefficient (Wildman–Crippen LogP) is 4.95. The molecule has 0 bridgehead atoms. The van der Waals surface area contributed by atoms with E-state index in [4.69, 9.17) is 16.8 Å². The van der Waals surface area contributed by atoms with E-state index in [1.54, 1.807) is 5.48 Å². The van der Waals surface area contributed by atoms with Gasteiger partial charge in [0, 0.05) is 5.02 Å². The Hall–Kier alpha value is -2.62. The van der Waals surface area contributed by atoms with E-state index in [1.165, 1.54) is 0 Å². The monoisotopic (exact) mass is 351 g/mol. The first-order valence-electron chi connectivity index (χ1n) is 7.95. The number of carbonyl (C=O) groups is 1. The van der Waals surface area contributed by atoms with Crippen LogP contribution in [-0.4, -0.2) is 11.1 Å². The number of carbonyl (C=O) groups excluding carboxylic acids is 1. The minimum Gasteiger partial charge on any atom is -0.289 e. The van der Waals surface area contributed by atoms with Crippen molar-refractivity contribution in [3.63, 3.8) is 0 Å². The molecule has 4 heteroatoms. The summed E-state index contributed by atoms with van der Waals surface area (Å²) in [7, 11) is 0. The largest absolute Gasteiger partial charge is 0.289 e. The minimum atomic E-state index is -0.568. The highest BCUT2D eigenvalue weighted by molar-refractivity contribution is 6.31. The SMILES string of the molecule is Cc1ccc(-c2ccc(C(C(=O)NO)c3ccccc3)cc2)cc1Cl. The summed E-state index contributed by atoms with van der Waals surface area (Å²) in [5.74, 6) is -1.03. The Morgan fingerprint density at radius 2 is 1.52 bits per heavy atom. The summed E-state index contributed by atoms with van der Waals surface area (Å²) in [4.78, 5) is 12.2. The topological polar surface area (TPSA) is 49.3 Å². The molecule has 3 nitrogen and oxygen atoms in total. The molecule has 25 heavy (non-hydrogen) atoms. The van der Waals surface area contributed by atoms with Gasteiger partial charge in [-0.3, -0.25) is 10.0 Å². The summed E-state index contributed by atoms with van der Waals surface area (Å²) in [6.07, 6.45) is 0. The molecule has 126 valence electrons. The third-order valence-electron chi connectivity index (χ3n) is 4.25. The van der Waals surface area contributed by atoms with Crippen molar-refractivity contribution in [3.05, 3.63) is 94.5 Å². The molecule has 0 saturated carbocycles. The van der Waals surface area contributed by atoms with Crippen LogP contribution in [0.4, 0.5) is 0 Å². The molecule has 3 rings (SSSR count). The van der Waals surface area contributed by atoms with E-state index in [-0.39, 0.29) is 0 Å². The van der Waals surface area contributed by atoms with Crippen molar-refractivity contribution >= 4 is 17.5 Å². The average molecular weight is 352 g/mol. The van der Waals surface area contributed by atoms with Gasteiger partial charge >= 0.3 is 0 Å². The van der Waals surface area contributed by atoms with E-state index in [9.17, 15) is 4.79 Å². The Morgan fingerprint density at radius 3 is 2.12 bits per heavy atom. The second-order valence-electron chi connectivity index (χ2n) is 5.91. The van der Waals surface area contributed by atoms with Gasteiger partial charge in [0.2, 0.25) is 0 Å². The summed E-state index contributed by atoms with van der Waals surface area (Å²) in [6, 6.07) is 23.0. The first-order chi connectivity index (χ1) is 12.1. The highest BCUT2D eigenvalue weighted by atomic mass is 35.5. The maximum atomic E-state index is 12.2. The molecular formula is C21H18ClNO2. The standard InChI is InChI=1S/C21H18ClNO2/c1-14-7-8-18(13-19(14)22)15-9-11-17(12-10-15)20(21(24)23-25)16-5-3-2-4-6-16/h2-13,20,25H,1H3,(H,23,24). The van der Waals surface area contributed by atoms with Gasteiger partial charge in [-0.2, -0.15) is 0 Å². The summed E-state index contributed by atoms with van der Waals surface area (Å²) < 4.78 is 0. The van der Waals surface area contributed by atoms with Crippen LogP contribution in [0.2, 0.25) is 5.02 Å². The molecule has 0 fully saturated rings. The van der Waals surface area contributed by atoms with Gasteiger partial charge in [0.1, 0.15) is 0 Å². The van der Waals surface area contributed by atoms with Crippen molar-refractivity contribution in [2.75, 3.05) is 0 Å². The fraction of sp³-hybridized carbons (Fsp3) is 0.0952. The lowest BCUT2D eigenvalue weighted by Crippen LogP contribution is -2.27. The number of benzene rings is 3. The number of aryl methyl sites for hydroxylation is 1. The molecule has 0 heterocycles. The highest BCUT2D eigenvalue weighted by Gasteiger charge is 2.22. The van der Waals surface area contributed by atoms with Gasteiger partial charge < -0.3 is 0 Å². The zero-order valence-electron chi connectivity index (χ0n) is 13.7. The number of nitrogens with one attached hydrogen (secondary N) is 1. The van der Waals surface area contributed by atoms with Crippen molar-refractivity contribution in [1.29, 1.82) is 0 Å². The van der Waals surface area contributed by atoms with Crippen molar-refractivity contribution in [2.24, 2.45) is 0 Å². The molecule has 0 aromatic heterocycles. The molecule has 2 N–H and O–H groups in total. The summed E-state index contributed by atoms with van der Waals surface area (Å²) in [5.41, 5.74) is 6.46. The van der Waals surface area contributed by atoms with Gasteiger partial charge in [-0.05, 0) is 40.8 Å². The summed E-state index contributed by atoms with van der Waals surface area (Å²) in [5, 5.41) is 9.83. The molecule has 0 aliphatic carbocycles. The van der Waals surface area contributed by atoms with Gasteiger partial charge in [0.15, 0.2) is 0 Å². The molecule has 0 aliphatic heterocycles. The Bertz CT molecular complexity index is 876. The highest BCUT2D eigenvalue weighted by Crippen LogP contribution is 2.29. The number of amides is 1. The van der Waals surface area contributed by atoms with E-state index >= 15 is 0 Å². The fourth-order valence-corrected chi connectivity index (χ4v) is 3.03. The Kier molecular flexibility index (Phi) is 5.17. The Balaban J connectivity index is 1.96. The third kappa shape index (κ3) is 3.73. The lowest BCUT2D eigenvalue weighted by Gasteiger charge is -2.16. The predicted molar refractivity (Wildman–Crippen MR) is 99.8 cm³/mol. The van der Waals surface area contributed by atoms with E-state index in [1.807, 2.05) is 79.7 Å². The molecular weight excluding hydrogens is 334 g/mol. The van der Waals surface area contributed by atoms with E-state index < -0.39 is 11.8 Å². The number of hydroxylamine groups is 1. The molecule has 1 amide bonds. The van der Waals surface area contributed by atoms with Crippen LogP contribution < -0.4 is 5.48 Å². The maximum absolute atomic E-state index is 12.2. The molecule has 0 radical (unpaired) electrons. The van der Waals surface area contributed by atoms with E-state index in [2.05, 4.69) is 0 Å². The number of hydrogen-bond donors (Lipinski definition) is 2. The third-order valence-corrected chi connectivity index (χ3v) is 4.66.